The van der Waals surface area contributed by atoms with Gasteiger partial charge in [-0.3, -0.25) is 4.21 Å². The van der Waals surface area contributed by atoms with E-state index in [4.69, 9.17) is 0 Å². The SMILES string of the molecule is C=S1(=O)CC[C@H](C)C1. The monoisotopic (exact) mass is 132 g/mol. The summed E-state index contributed by atoms with van der Waals surface area (Å²) in [6.45, 7) is 2.14. The van der Waals surface area contributed by atoms with Crippen molar-refractivity contribution in [1.29, 1.82) is 0 Å². The highest BCUT2D eigenvalue weighted by atomic mass is 32.2. The number of hydrogen-bond donors (Lipinski definition) is 0. The Labute approximate surface area is 51.1 Å². The second-order valence-electron chi connectivity index (χ2n) is 2.73. The van der Waals surface area contributed by atoms with Crippen LogP contribution in [0.3, 0.4) is 0 Å². The van der Waals surface area contributed by atoms with Crippen molar-refractivity contribution in [2.45, 2.75) is 13.3 Å². The van der Waals surface area contributed by atoms with E-state index >= 15 is 0 Å². The zero-order valence-corrected chi connectivity index (χ0v) is 6.04. The molecule has 0 aromatic heterocycles. The highest BCUT2D eigenvalue weighted by molar-refractivity contribution is 8.00. The minimum Gasteiger partial charge on any atom is -0.268 e. The fraction of sp³-hybridized carbons (Fsp3) is 0.833. The maximum absolute atomic E-state index is 11.1. The lowest BCUT2D eigenvalue weighted by Gasteiger charge is -1.94. The standard InChI is InChI=1S/C6H12OS/c1-6-3-4-8(2,7)5-6/h6H,2-5H2,1H3/t6-,8?/m0/s1. The molecule has 1 rings (SSSR count). The molecule has 0 amide bonds. The van der Waals surface area contributed by atoms with E-state index in [9.17, 15) is 4.21 Å². The summed E-state index contributed by atoms with van der Waals surface area (Å²) in [6.07, 6.45) is 1.11. The Morgan fingerprint density at radius 3 is 2.50 bits per heavy atom. The molecule has 1 unspecified atom stereocenters. The van der Waals surface area contributed by atoms with Crippen molar-refractivity contribution in [3.05, 3.63) is 0 Å². The molecule has 0 N–H and O–H groups in total. The summed E-state index contributed by atoms with van der Waals surface area (Å²) in [5, 5.41) is 0. The summed E-state index contributed by atoms with van der Waals surface area (Å²) in [5.41, 5.74) is 0. The van der Waals surface area contributed by atoms with Crippen LogP contribution in [0.2, 0.25) is 0 Å². The van der Waals surface area contributed by atoms with Gasteiger partial charge in [0.2, 0.25) is 0 Å². The molecule has 1 aliphatic heterocycles. The van der Waals surface area contributed by atoms with Gasteiger partial charge in [0, 0.05) is 11.5 Å². The van der Waals surface area contributed by atoms with Gasteiger partial charge in [-0.2, -0.15) is 0 Å². The average molecular weight is 132 g/mol. The Morgan fingerprint density at radius 2 is 2.38 bits per heavy atom. The Bertz CT molecular complexity index is 167. The van der Waals surface area contributed by atoms with E-state index in [1.165, 1.54) is 0 Å². The molecule has 0 radical (unpaired) electrons. The van der Waals surface area contributed by atoms with Gasteiger partial charge in [-0.15, -0.1) is 0 Å². The minimum absolute atomic E-state index is 0.653. The Hall–Kier alpha value is 0.0200. The van der Waals surface area contributed by atoms with Crippen LogP contribution < -0.4 is 0 Å². The molecular formula is C6H12OS. The Balaban J connectivity index is 2.71. The van der Waals surface area contributed by atoms with Crippen molar-refractivity contribution in [3.63, 3.8) is 0 Å². The van der Waals surface area contributed by atoms with E-state index in [1.807, 2.05) is 0 Å². The zero-order valence-electron chi connectivity index (χ0n) is 5.22. The molecule has 0 aromatic rings. The van der Waals surface area contributed by atoms with Gasteiger partial charge in [0.05, 0.1) is 0 Å². The fourth-order valence-electron chi connectivity index (χ4n) is 1.10. The lowest BCUT2D eigenvalue weighted by atomic mass is 10.2. The molecule has 48 valence electrons. The lowest BCUT2D eigenvalue weighted by Crippen LogP contribution is -2.01. The maximum atomic E-state index is 11.1. The summed E-state index contributed by atoms with van der Waals surface area (Å²) in [4.78, 5) is 0. The van der Waals surface area contributed by atoms with Gasteiger partial charge in [-0.05, 0) is 27.7 Å². The van der Waals surface area contributed by atoms with Gasteiger partial charge in [-0.1, -0.05) is 6.92 Å². The van der Waals surface area contributed by atoms with E-state index in [1.54, 1.807) is 0 Å². The Morgan fingerprint density at radius 1 is 1.75 bits per heavy atom. The van der Waals surface area contributed by atoms with Crippen molar-refractivity contribution < 1.29 is 4.21 Å². The normalized spacial score (nSPS) is 47.4. The van der Waals surface area contributed by atoms with Crippen LogP contribution in [0, 0.1) is 5.92 Å². The van der Waals surface area contributed by atoms with E-state index in [0.29, 0.717) is 5.92 Å². The third-order valence-electron chi connectivity index (χ3n) is 1.57. The second-order valence-corrected chi connectivity index (χ2v) is 5.40. The van der Waals surface area contributed by atoms with Crippen LogP contribution >= 0.6 is 0 Å². The second kappa shape index (κ2) is 1.76. The van der Waals surface area contributed by atoms with Crippen molar-refractivity contribution in [1.82, 2.24) is 0 Å². The molecule has 0 aliphatic carbocycles. The largest absolute Gasteiger partial charge is 0.268 e. The van der Waals surface area contributed by atoms with Gasteiger partial charge in [-0.25, -0.2) is 0 Å². The van der Waals surface area contributed by atoms with E-state index in [-0.39, 0.29) is 0 Å². The molecule has 1 saturated heterocycles. The smallest absolute Gasteiger partial charge is 0.0184 e. The first kappa shape index (κ1) is 6.14. The van der Waals surface area contributed by atoms with Crippen molar-refractivity contribution in [2.75, 3.05) is 11.5 Å². The third-order valence-corrected chi connectivity index (χ3v) is 3.73. The van der Waals surface area contributed by atoms with Crippen LogP contribution in [0.1, 0.15) is 13.3 Å². The zero-order chi connectivity index (χ0) is 6.20. The van der Waals surface area contributed by atoms with E-state index in [0.717, 1.165) is 17.9 Å². The summed E-state index contributed by atoms with van der Waals surface area (Å²) in [5.74, 6) is 6.01. The summed E-state index contributed by atoms with van der Waals surface area (Å²) in [7, 11) is -1.60. The Kier molecular flexibility index (Phi) is 1.35. The highest BCUT2D eigenvalue weighted by Crippen LogP contribution is 2.16. The third kappa shape index (κ3) is 1.25. The molecule has 8 heavy (non-hydrogen) atoms. The van der Waals surface area contributed by atoms with Gasteiger partial charge in [0.1, 0.15) is 0 Å². The summed E-state index contributed by atoms with van der Waals surface area (Å²) < 4.78 is 11.1. The fourth-order valence-corrected chi connectivity index (χ4v) is 3.30. The van der Waals surface area contributed by atoms with E-state index in [2.05, 4.69) is 12.8 Å². The first-order chi connectivity index (χ1) is 3.60. The summed E-state index contributed by atoms with van der Waals surface area (Å²) >= 11 is 0. The molecule has 1 aliphatic rings. The molecular weight excluding hydrogens is 120 g/mol. The molecule has 0 bridgehead atoms. The first-order valence-electron chi connectivity index (χ1n) is 2.93. The molecule has 1 fully saturated rings. The predicted molar refractivity (Wildman–Crippen MR) is 38.8 cm³/mol. The quantitative estimate of drug-likeness (QED) is 0.444. The van der Waals surface area contributed by atoms with Gasteiger partial charge < -0.3 is 0 Å². The van der Waals surface area contributed by atoms with Crippen LogP contribution in [-0.2, 0) is 9.52 Å². The average Bonchev–Trinajstić information content (AvgIpc) is 1.82. The minimum atomic E-state index is -1.60. The van der Waals surface area contributed by atoms with Crippen molar-refractivity contribution in [3.8, 4) is 0 Å². The van der Waals surface area contributed by atoms with Crippen LogP contribution in [0.25, 0.3) is 0 Å². The highest BCUT2D eigenvalue weighted by Gasteiger charge is 2.18. The van der Waals surface area contributed by atoms with Gasteiger partial charge >= 0.3 is 0 Å². The van der Waals surface area contributed by atoms with Gasteiger partial charge in [0.15, 0.2) is 0 Å². The molecule has 2 heteroatoms. The molecule has 0 aromatic carbocycles. The summed E-state index contributed by atoms with van der Waals surface area (Å²) in [6, 6.07) is 0. The maximum Gasteiger partial charge on any atom is 0.0184 e. The van der Waals surface area contributed by atoms with Crippen LogP contribution in [-0.4, -0.2) is 21.6 Å². The molecule has 0 spiro atoms. The predicted octanol–water partition coefficient (Wildman–Crippen LogP) is 0.743. The van der Waals surface area contributed by atoms with Crippen LogP contribution in [0.4, 0.5) is 0 Å². The topological polar surface area (TPSA) is 17.1 Å². The molecule has 0 saturated carbocycles. The first-order valence-corrected chi connectivity index (χ1v) is 4.99. The van der Waals surface area contributed by atoms with Crippen LogP contribution in [0.15, 0.2) is 0 Å². The lowest BCUT2D eigenvalue weighted by molar-refractivity contribution is 0.664. The van der Waals surface area contributed by atoms with E-state index < -0.39 is 9.52 Å². The molecule has 2 atom stereocenters. The van der Waals surface area contributed by atoms with Crippen LogP contribution in [0.5, 0.6) is 0 Å². The number of hydrogen-bond acceptors (Lipinski definition) is 1. The van der Waals surface area contributed by atoms with Crippen molar-refractivity contribution in [2.24, 2.45) is 5.92 Å². The molecule has 1 heterocycles. The number of rotatable bonds is 0. The van der Waals surface area contributed by atoms with Gasteiger partial charge in [0.25, 0.3) is 0 Å². The van der Waals surface area contributed by atoms with Crippen molar-refractivity contribution >= 4 is 15.4 Å². The molecule has 1 nitrogen and oxygen atoms in total.